The van der Waals surface area contributed by atoms with Gasteiger partial charge in [0, 0.05) is 10.2 Å². The Labute approximate surface area is 129 Å². The summed E-state index contributed by atoms with van der Waals surface area (Å²) in [5.41, 5.74) is 9.80. The number of nitrogens with zero attached hydrogens (tertiary/aromatic N) is 1. The molecule has 1 aromatic carbocycles. The van der Waals surface area contributed by atoms with E-state index >= 15 is 0 Å². The van der Waals surface area contributed by atoms with Crippen molar-refractivity contribution in [1.29, 1.82) is 0 Å². The minimum Gasteiger partial charge on any atom is -0.397 e. The zero-order valence-electron chi connectivity index (χ0n) is 10.8. The first-order valence-electron chi connectivity index (χ1n) is 5.99. The molecule has 0 bridgehead atoms. The second-order valence-electron chi connectivity index (χ2n) is 4.28. The van der Waals surface area contributed by atoms with Gasteiger partial charge in [0.25, 0.3) is 0 Å². The van der Waals surface area contributed by atoms with Gasteiger partial charge in [-0.05, 0) is 58.6 Å². The molecule has 0 aliphatic carbocycles. The Morgan fingerprint density at radius 2 is 2.05 bits per heavy atom. The second-order valence-corrected chi connectivity index (χ2v) is 5.99. The summed E-state index contributed by atoms with van der Waals surface area (Å²) in [6, 6.07) is 6.17. The molecule has 1 aromatic heterocycles. The fourth-order valence-corrected chi connectivity index (χ4v) is 2.62. The normalized spacial score (nSPS) is 10.5. The van der Waals surface area contributed by atoms with E-state index in [0.29, 0.717) is 5.69 Å². The average Bonchev–Trinajstić information content (AvgIpc) is 2.41. The standard InChI is InChI=1S/C14H15Br2N3/c1-3-9-6-10(15)4-5-12(9)19-14-13(16)8(2)11(17)7-18-14/h4-7H,3,17H2,1-2H3,(H,18,19). The number of rotatable bonds is 3. The van der Waals surface area contributed by atoms with Gasteiger partial charge in [-0.3, -0.25) is 0 Å². The SMILES string of the molecule is CCc1cc(Br)ccc1Nc1ncc(N)c(C)c1Br. The number of benzene rings is 1. The molecule has 2 aromatic rings. The van der Waals surface area contributed by atoms with Crippen molar-refractivity contribution in [3.8, 4) is 0 Å². The number of anilines is 3. The van der Waals surface area contributed by atoms with Crippen LogP contribution >= 0.6 is 31.9 Å². The summed E-state index contributed by atoms with van der Waals surface area (Å²) < 4.78 is 1.98. The molecule has 3 nitrogen and oxygen atoms in total. The van der Waals surface area contributed by atoms with Crippen molar-refractivity contribution in [3.63, 3.8) is 0 Å². The van der Waals surface area contributed by atoms with Gasteiger partial charge >= 0.3 is 0 Å². The number of nitrogens with one attached hydrogen (secondary N) is 1. The van der Waals surface area contributed by atoms with Crippen molar-refractivity contribution in [2.45, 2.75) is 20.3 Å². The maximum Gasteiger partial charge on any atom is 0.145 e. The van der Waals surface area contributed by atoms with E-state index in [1.54, 1.807) is 6.20 Å². The van der Waals surface area contributed by atoms with Crippen LogP contribution in [0.5, 0.6) is 0 Å². The molecule has 0 aliphatic rings. The third-order valence-electron chi connectivity index (χ3n) is 3.00. The summed E-state index contributed by atoms with van der Waals surface area (Å²) in [7, 11) is 0. The first-order chi connectivity index (χ1) is 9.02. The van der Waals surface area contributed by atoms with Crippen LogP contribution in [0.1, 0.15) is 18.1 Å². The predicted molar refractivity (Wildman–Crippen MR) is 87.9 cm³/mol. The Balaban J connectivity index is 2.39. The molecule has 0 atom stereocenters. The number of pyridine rings is 1. The molecule has 0 amide bonds. The number of hydrogen-bond acceptors (Lipinski definition) is 3. The molecule has 1 heterocycles. The molecule has 3 N–H and O–H groups in total. The monoisotopic (exact) mass is 383 g/mol. The maximum absolute atomic E-state index is 5.83. The van der Waals surface area contributed by atoms with Gasteiger partial charge in [-0.15, -0.1) is 0 Å². The molecule has 2 rings (SSSR count). The average molecular weight is 385 g/mol. The van der Waals surface area contributed by atoms with E-state index in [4.69, 9.17) is 5.73 Å². The topological polar surface area (TPSA) is 50.9 Å². The molecule has 5 heteroatoms. The Morgan fingerprint density at radius 1 is 1.32 bits per heavy atom. The van der Waals surface area contributed by atoms with Crippen LogP contribution in [0.25, 0.3) is 0 Å². The van der Waals surface area contributed by atoms with Crippen LogP contribution in [0.2, 0.25) is 0 Å². The summed E-state index contributed by atoms with van der Waals surface area (Å²) in [6.07, 6.45) is 2.63. The van der Waals surface area contributed by atoms with Crippen molar-refractivity contribution in [2.75, 3.05) is 11.1 Å². The third kappa shape index (κ3) is 3.09. The minimum atomic E-state index is 0.684. The number of nitrogen functional groups attached to an aromatic ring is 1. The van der Waals surface area contributed by atoms with Crippen molar-refractivity contribution >= 4 is 49.1 Å². The lowest BCUT2D eigenvalue weighted by molar-refractivity contribution is 1.13. The molecule has 0 spiro atoms. The Morgan fingerprint density at radius 3 is 2.74 bits per heavy atom. The van der Waals surface area contributed by atoms with Crippen LogP contribution in [0.15, 0.2) is 33.3 Å². The van der Waals surface area contributed by atoms with E-state index in [-0.39, 0.29) is 0 Å². The van der Waals surface area contributed by atoms with Gasteiger partial charge in [0.1, 0.15) is 5.82 Å². The lowest BCUT2D eigenvalue weighted by Crippen LogP contribution is -2.01. The fraction of sp³-hybridized carbons (Fsp3) is 0.214. The van der Waals surface area contributed by atoms with Crippen LogP contribution in [-0.4, -0.2) is 4.98 Å². The van der Waals surface area contributed by atoms with Crippen LogP contribution in [0, 0.1) is 6.92 Å². The van der Waals surface area contributed by atoms with Crippen LogP contribution in [0.3, 0.4) is 0 Å². The predicted octanol–water partition coefficient (Wildman–Crippen LogP) is 4.80. The van der Waals surface area contributed by atoms with Crippen molar-refractivity contribution < 1.29 is 0 Å². The van der Waals surface area contributed by atoms with Gasteiger partial charge in [0.2, 0.25) is 0 Å². The van der Waals surface area contributed by atoms with Gasteiger partial charge in [0.15, 0.2) is 0 Å². The zero-order chi connectivity index (χ0) is 14.0. The molecule has 0 saturated carbocycles. The Bertz CT molecular complexity index is 612. The highest BCUT2D eigenvalue weighted by molar-refractivity contribution is 9.11. The highest BCUT2D eigenvalue weighted by atomic mass is 79.9. The minimum absolute atomic E-state index is 0.684. The number of hydrogen-bond donors (Lipinski definition) is 2. The lowest BCUT2D eigenvalue weighted by atomic mass is 10.1. The number of aromatic nitrogens is 1. The first-order valence-corrected chi connectivity index (χ1v) is 7.57. The molecule has 0 saturated heterocycles. The van der Waals surface area contributed by atoms with E-state index in [9.17, 15) is 0 Å². The third-order valence-corrected chi connectivity index (χ3v) is 4.47. The number of nitrogens with two attached hydrogens (primary N) is 1. The van der Waals surface area contributed by atoms with Crippen molar-refractivity contribution in [2.24, 2.45) is 0 Å². The summed E-state index contributed by atoms with van der Waals surface area (Å²) in [4.78, 5) is 4.34. The van der Waals surface area contributed by atoms with E-state index in [1.807, 2.05) is 19.1 Å². The molecule has 19 heavy (non-hydrogen) atoms. The van der Waals surface area contributed by atoms with Gasteiger partial charge in [-0.25, -0.2) is 4.98 Å². The van der Waals surface area contributed by atoms with E-state index in [2.05, 4.69) is 55.2 Å². The Kier molecular flexibility index (Phi) is 4.47. The summed E-state index contributed by atoms with van der Waals surface area (Å²) in [5.74, 6) is 0.781. The summed E-state index contributed by atoms with van der Waals surface area (Å²) >= 11 is 7.02. The van der Waals surface area contributed by atoms with Crippen molar-refractivity contribution in [1.82, 2.24) is 4.98 Å². The molecule has 0 radical (unpaired) electrons. The summed E-state index contributed by atoms with van der Waals surface area (Å²) in [5, 5.41) is 3.35. The largest absolute Gasteiger partial charge is 0.397 e. The van der Waals surface area contributed by atoms with Crippen molar-refractivity contribution in [3.05, 3.63) is 44.5 Å². The second kappa shape index (κ2) is 5.92. The molecule has 0 fully saturated rings. The zero-order valence-corrected chi connectivity index (χ0v) is 14.0. The van der Waals surface area contributed by atoms with E-state index in [1.165, 1.54) is 5.56 Å². The van der Waals surface area contributed by atoms with Crippen LogP contribution < -0.4 is 11.1 Å². The Hall–Kier alpha value is -1.07. The molecule has 100 valence electrons. The molecule has 0 aliphatic heterocycles. The summed E-state index contributed by atoms with van der Waals surface area (Å²) in [6.45, 7) is 4.10. The highest BCUT2D eigenvalue weighted by Gasteiger charge is 2.09. The van der Waals surface area contributed by atoms with Gasteiger partial charge < -0.3 is 11.1 Å². The first kappa shape index (κ1) is 14.3. The molecule has 0 unspecified atom stereocenters. The fourth-order valence-electron chi connectivity index (χ4n) is 1.78. The lowest BCUT2D eigenvalue weighted by Gasteiger charge is -2.14. The molecular formula is C14H15Br2N3. The van der Waals surface area contributed by atoms with E-state index in [0.717, 1.165) is 32.4 Å². The quantitative estimate of drug-likeness (QED) is 0.798. The smallest absolute Gasteiger partial charge is 0.145 e. The van der Waals surface area contributed by atoms with Gasteiger partial charge in [-0.2, -0.15) is 0 Å². The number of halogens is 2. The van der Waals surface area contributed by atoms with Gasteiger partial charge in [0.05, 0.1) is 16.4 Å². The van der Waals surface area contributed by atoms with Gasteiger partial charge in [-0.1, -0.05) is 22.9 Å². The number of aryl methyl sites for hydroxylation is 1. The van der Waals surface area contributed by atoms with Crippen LogP contribution in [0.4, 0.5) is 17.2 Å². The highest BCUT2D eigenvalue weighted by Crippen LogP contribution is 2.31. The molecular weight excluding hydrogens is 370 g/mol. The van der Waals surface area contributed by atoms with E-state index < -0.39 is 0 Å². The maximum atomic E-state index is 5.83. The van der Waals surface area contributed by atoms with Crippen LogP contribution in [-0.2, 0) is 6.42 Å².